The molecule has 0 aliphatic rings. The number of aromatic nitrogens is 4. The Bertz CT molecular complexity index is 3630. The Hall–Kier alpha value is -8.41. The van der Waals surface area contributed by atoms with E-state index in [1.807, 2.05) is 42.5 Å². The Morgan fingerprint density at radius 1 is 0.306 bits per heavy atom. The molecule has 290 valence electrons. The monoisotopic (exact) mass is 792 g/mol. The van der Waals surface area contributed by atoms with Gasteiger partial charge in [-0.1, -0.05) is 182 Å². The Morgan fingerprint density at radius 3 is 1.40 bits per heavy atom. The van der Waals surface area contributed by atoms with Crippen molar-refractivity contribution in [2.24, 2.45) is 0 Å². The van der Waals surface area contributed by atoms with Gasteiger partial charge in [-0.3, -0.25) is 4.57 Å². The summed E-state index contributed by atoms with van der Waals surface area (Å²) < 4.78 is 8.79. The molecule has 0 saturated heterocycles. The Kier molecular flexibility index (Phi) is 8.42. The van der Waals surface area contributed by atoms with E-state index in [1.165, 1.54) is 27.8 Å². The third kappa shape index (κ3) is 6.14. The van der Waals surface area contributed by atoms with Crippen LogP contribution < -0.4 is 0 Å². The lowest BCUT2D eigenvalue weighted by molar-refractivity contribution is 0.670. The molecular formula is C57H36N4O. The SMILES string of the molecule is c1ccc(-c2cccc(-c3cccc(-c4ccc(-c5cccc(-c6nc(-c7ccccc7)nc(-n7c8ccccc8c8ccc9c%10ccccc%10oc9c87)n6)c5)cc4)c3)c2)cc1. The topological polar surface area (TPSA) is 56.7 Å². The maximum absolute atomic E-state index is 6.64. The van der Waals surface area contributed by atoms with Crippen LogP contribution in [0.2, 0.25) is 0 Å². The van der Waals surface area contributed by atoms with Gasteiger partial charge in [0.05, 0.1) is 5.52 Å². The third-order valence-electron chi connectivity index (χ3n) is 11.9. The second-order valence-corrected chi connectivity index (χ2v) is 15.6. The van der Waals surface area contributed by atoms with Gasteiger partial charge in [0.1, 0.15) is 11.1 Å². The Morgan fingerprint density at radius 2 is 0.758 bits per heavy atom. The molecule has 0 bridgehead atoms. The molecule has 3 heterocycles. The molecular weight excluding hydrogens is 757 g/mol. The minimum absolute atomic E-state index is 0.525. The van der Waals surface area contributed by atoms with Crippen molar-refractivity contribution in [2.45, 2.75) is 0 Å². The van der Waals surface area contributed by atoms with E-state index in [-0.39, 0.29) is 0 Å². The van der Waals surface area contributed by atoms with Crippen LogP contribution in [-0.2, 0) is 0 Å². The summed E-state index contributed by atoms with van der Waals surface area (Å²) in [6, 6.07) is 76.4. The van der Waals surface area contributed by atoms with Crippen molar-refractivity contribution in [2.75, 3.05) is 0 Å². The third-order valence-corrected chi connectivity index (χ3v) is 11.9. The second-order valence-electron chi connectivity index (χ2n) is 15.6. The maximum Gasteiger partial charge on any atom is 0.238 e. The summed E-state index contributed by atoms with van der Waals surface area (Å²) in [5.41, 5.74) is 14.7. The zero-order chi connectivity index (χ0) is 41.0. The molecule has 0 fully saturated rings. The van der Waals surface area contributed by atoms with Crippen molar-refractivity contribution in [3.05, 3.63) is 218 Å². The molecule has 5 nitrogen and oxygen atoms in total. The molecule has 3 aromatic heterocycles. The largest absolute Gasteiger partial charge is 0.454 e. The molecule has 0 saturated carbocycles. The van der Waals surface area contributed by atoms with Gasteiger partial charge in [0.25, 0.3) is 0 Å². The van der Waals surface area contributed by atoms with E-state index in [4.69, 9.17) is 19.4 Å². The molecule has 0 aliphatic carbocycles. The van der Waals surface area contributed by atoms with Gasteiger partial charge in [-0.15, -0.1) is 0 Å². The zero-order valence-electron chi connectivity index (χ0n) is 33.5. The van der Waals surface area contributed by atoms with Crippen LogP contribution in [0.1, 0.15) is 0 Å². The van der Waals surface area contributed by atoms with Crippen LogP contribution in [-0.4, -0.2) is 19.5 Å². The lowest BCUT2D eigenvalue weighted by atomic mass is 9.95. The number of furan rings is 1. The van der Waals surface area contributed by atoms with Crippen LogP contribution in [0.4, 0.5) is 0 Å². The normalized spacial score (nSPS) is 11.5. The summed E-state index contributed by atoms with van der Waals surface area (Å²) in [4.78, 5) is 15.6. The lowest BCUT2D eigenvalue weighted by Gasteiger charge is -2.12. The maximum atomic E-state index is 6.64. The quantitative estimate of drug-likeness (QED) is 0.161. The van der Waals surface area contributed by atoms with Gasteiger partial charge in [0, 0.05) is 32.7 Å². The van der Waals surface area contributed by atoms with Crippen LogP contribution in [0.3, 0.4) is 0 Å². The van der Waals surface area contributed by atoms with Crippen LogP contribution in [0.15, 0.2) is 223 Å². The highest BCUT2D eigenvalue weighted by molar-refractivity contribution is 6.21. The number of rotatable bonds is 7. The van der Waals surface area contributed by atoms with Crippen molar-refractivity contribution in [1.82, 2.24) is 19.5 Å². The van der Waals surface area contributed by atoms with E-state index < -0.39 is 0 Å². The number of hydrogen-bond acceptors (Lipinski definition) is 4. The molecule has 12 rings (SSSR count). The van der Waals surface area contributed by atoms with Gasteiger partial charge < -0.3 is 4.42 Å². The first-order valence-electron chi connectivity index (χ1n) is 20.8. The van der Waals surface area contributed by atoms with Gasteiger partial charge in [0.2, 0.25) is 5.95 Å². The second kappa shape index (κ2) is 14.7. The molecule has 5 heteroatoms. The van der Waals surface area contributed by atoms with E-state index in [0.717, 1.165) is 71.6 Å². The minimum atomic E-state index is 0.525. The van der Waals surface area contributed by atoms with Crippen LogP contribution >= 0.6 is 0 Å². The van der Waals surface area contributed by atoms with Crippen molar-refractivity contribution in [3.63, 3.8) is 0 Å². The van der Waals surface area contributed by atoms with E-state index in [9.17, 15) is 0 Å². The van der Waals surface area contributed by atoms with Crippen molar-refractivity contribution < 1.29 is 4.42 Å². The smallest absolute Gasteiger partial charge is 0.238 e. The average Bonchev–Trinajstić information content (AvgIpc) is 3.91. The molecule has 0 unspecified atom stereocenters. The highest BCUT2D eigenvalue weighted by atomic mass is 16.3. The predicted molar refractivity (Wildman–Crippen MR) is 254 cm³/mol. The van der Waals surface area contributed by atoms with Gasteiger partial charge >= 0.3 is 0 Å². The number of hydrogen-bond donors (Lipinski definition) is 0. The Balaban J connectivity index is 0.943. The first kappa shape index (κ1) is 35.5. The standard InChI is InChI=1S/C57H36N4O/c1-3-14-37(15-4-1)41-18-11-21-44(34-41)45-22-12-19-42(35-45)38-28-30-39(31-29-38)43-20-13-23-46(36-43)56-58-55(40-16-5-2-6-17-40)59-57(60-56)61-51-26-9-7-24-47(51)49-32-33-50-48-25-8-10-27-52(48)62-54(50)53(49)61/h1-36H. The van der Waals surface area contributed by atoms with Crippen molar-refractivity contribution in [3.8, 4) is 73.2 Å². The Labute approximate surface area is 357 Å². The molecule has 9 aromatic carbocycles. The predicted octanol–water partition coefficient (Wildman–Crippen LogP) is 14.9. The van der Waals surface area contributed by atoms with Crippen LogP contribution in [0.5, 0.6) is 0 Å². The minimum Gasteiger partial charge on any atom is -0.454 e. The van der Waals surface area contributed by atoms with Crippen LogP contribution in [0, 0.1) is 0 Å². The lowest BCUT2D eigenvalue weighted by Crippen LogP contribution is -2.06. The number of fused-ring (bicyclic) bond motifs is 7. The summed E-state index contributed by atoms with van der Waals surface area (Å²) in [6.45, 7) is 0. The zero-order valence-corrected chi connectivity index (χ0v) is 33.5. The molecule has 0 atom stereocenters. The molecule has 0 aliphatic heterocycles. The number of para-hydroxylation sites is 2. The molecule has 0 spiro atoms. The molecule has 0 N–H and O–H groups in total. The first-order valence-corrected chi connectivity index (χ1v) is 20.8. The van der Waals surface area contributed by atoms with Crippen molar-refractivity contribution >= 4 is 43.7 Å². The summed E-state index contributed by atoms with van der Waals surface area (Å²) in [5, 5.41) is 4.30. The van der Waals surface area contributed by atoms with Crippen molar-refractivity contribution in [1.29, 1.82) is 0 Å². The fourth-order valence-corrected chi connectivity index (χ4v) is 8.83. The number of nitrogens with zero attached hydrogens (tertiary/aromatic N) is 4. The number of benzene rings is 9. The van der Waals surface area contributed by atoms with Gasteiger partial charge in [-0.2, -0.15) is 9.97 Å². The van der Waals surface area contributed by atoms with E-state index >= 15 is 0 Å². The molecule has 12 aromatic rings. The highest BCUT2D eigenvalue weighted by Crippen LogP contribution is 2.40. The van der Waals surface area contributed by atoms with E-state index in [1.54, 1.807) is 0 Å². The summed E-state index contributed by atoms with van der Waals surface area (Å²) in [7, 11) is 0. The molecule has 0 amide bonds. The van der Waals surface area contributed by atoms with Gasteiger partial charge in [0.15, 0.2) is 17.2 Å². The van der Waals surface area contributed by atoms with E-state index in [2.05, 4.69) is 180 Å². The average molecular weight is 793 g/mol. The van der Waals surface area contributed by atoms with Gasteiger partial charge in [-0.05, 0) is 80.9 Å². The molecule has 0 radical (unpaired) electrons. The summed E-state index contributed by atoms with van der Waals surface area (Å²) in [6.07, 6.45) is 0. The molecule has 62 heavy (non-hydrogen) atoms. The first-order chi connectivity index (χ1) is 30.7. The highest BCUT2D eigenvalue weighted by Gasteiger charge is 2.22. The van der Waals surface area contributed by atoms with Gasteiger partial charge in [-0.25, -0.2) is 4.98 Å². The fourth-order valence-electron chi connectivity index (χ4n) is 8.83. The van der Waals surface area contributed by atoms with Crippen LogP contribution in [0.25, 0.3) is 117 Å². The summed E-state index contributed by atoms with van der Waals surface area (Å²) in [5.74, 6) is 1.71. The summed E-state index contributed by atoms with van der Waals surface area (Å²) >= 11 is 0. The fraction of sp³-hybridized carbons (Fsp3) is 0. The van der Waals surface area contributed by atoms with E-state index in [0.29, 0.717) is 17.6 Å².